The Morgan fingerprint density at radius 3 is 2.65 bits per heavy atom. The largest absolute Gasteiger partial charge is 0.444 e. The van der Waals surface area contributed by atoms with E-state index in [-0.39, 0.29) is 12.1 Å². The summed E-state index contributed by atoms with van der Waals surface area (Å²) in [6.45, 7) is 8.87. The molecule has 1 aromatic heterocycles. The first-order chi connectivity index (χ1) is 9.33. The zero-order valence-corrected chi connectivity index (χ0v) is 12.5. The van der Waals surface area contributed by atoms with E-state index in [1.807, 2.05) is 27.7 Å². The predicted octanol–water partition coefficient (Wildman–Crippen LogP) is 2.21. The van der Waals surface area contributed by atoms with Crippen LogP contribution in [0.5, 0.6) is 0 Å². The molecule has 1 amide bonds. The van der Waals surface area contributed by atoms with Gasteiger partial charge < -0.3 is 15.0 Å². The van der Waals surface area contributed by atoms with Gasteiger partial charge in [-0.1, -0.05) is 0 Å². The first-order valence-corrected chi connectivity index (χ1v) is 6.86. The lowest BCUT2D eigenvalue weighted by atomic mass is 10.2. The molecule has 6 nitrogen and oxygen atoms in total. The van der Waals surface area contributed by atoms with Gasteiger partial charge >= 0.3 is 6.09 Å². The Morgan fingerprint density at radius 2 is 2.05 bits per heavy atom. The van der Waals surface area contributed by atoms with Crippen molar-refractivity contribution in [3.63, 3.8) is 0 Å². The summed E-state index contributed by atoms with van der Waals surface area (Å²) in [4.78, 5) is 22.1. The second kappa shape index (κ2) is 5.64. The molecule has 2 rings (SSSR count). The minimum atomic E-state index is -0.456. The topological polar surface area (TPSA) is 67.4 Å². The van der Waals surface area contributed by atoms with E-state index in [2.05, 4.69) is 15.3 Å². The number of carbonyl (C=O) groups is 1. The van der Waals surface area contributed by atoms with E-state index in [1.54, 1.807) is 17.3 Å². The van der Waals surface area contributed by atoms with Crippen molar-refractivity contribution in [2.24, 2.45) is 0 Å². The van der Waals surface area contributed by atoms with Crippen molar-refractivity contribution < 1.29 is 9.53 Å². The molecule has 1 N–H and O–H groups in total. The molecule has 0 aliphatic carbocycles. The molecule has 0 aromatic carbocycles. The van der Waals surface area contributed by atoms with Gasteiger partial charge in [0.2, 0.25) is 5.95 Å². The Bertz CT molecular complexity index is 467. The smallest absolute Gasteiger partial charge is 0.410 e. The van der Waals surface area contributed by atoms with Gasteiger partial charge in [0.15, 0.2) is 0 Å². The number of aromatic nitrogens is 2. The minimum Gasteiger partial charge on any atom is -0.444 e. The second-order valence-electron chi connectivity index (χ2n) is 6.14. The summed E-state index contributed by atoms with van der Waals surface area (Å²) >= 11 is 0. The lowest BCUT2D eigenvalue weighted by Crippen LogP contribution is -2.36. The van der Waals surface area contributed by atoms with Crippen LogP contribution in [0.2, 0.25) is 0 Å². The van der Waals surface area contributed by atoms with Crippen LogP contribution < -0.4 is 5.32 Å². The molecule has 110 valence electrons. The Morgan fingerprint density at radius 1 is 1.40 bits per heavy atom. The number of ether oxygens (including phenoxy) is 1. The monoisotopic (exact) mass is 278 g/mol. The molecule has 20 heavy (non-hydrogen) atoms. The van der Waals surface area contributed by atoms with E-state index in [1.165, 1.54) is 0 Å². The number of anilines is 1. The molecule has 2 heterocycles. The van der Waals surface area contributed by atoms with Crippen LogP contribution in [0.4, 0.5) is 10.7 Å². The molecule has 1 aliphatic heterocycles. The fourth-order valence-electron chi connectivity index (χ4n) is 2.02. The van der Waals surface area contributed by atoms with Crippen LogP contribution >= 0.6 is 0 Å². The third kappa shape index (κ3) is 4.08. The van der Waals surface area contributed by atoms with Gasteiger partial charge in [-0.25, -0.2) is 14.8 Å². The summed E-state index contributed by atoms with van der Waals surface area (Å²) in [5, 5.41) is 3.24. The van der Waals surface area contributed by atoms with Crippen molar-refractivity contribution >= 4 is 12.0 Å². The zero-order valence-electron chi connectivity index (χ0n) is 12.5. The van der Waals surface area contributed by atoms with Crippen LogP contribution in [0.25, 0.3) is 0 Å². The highest BCUT2D eigenvalue weighted by atomic mass is 16.6. The fourth-order valence-corrected chi connectivity index (χ4v) is 2.02. The number of aryl methyl sites for hydroxylation is 1. The molecule has 1 aromatic rings. The van der Waals surface area contributed by atoms with Crippen molar-refractivity contribution in [2.75, 3.05) is 18.4 Å². The van der Waals surface area contributed by atoms with Crippen LogP contribution in [-0.4, -0.2) is 45.7 Å². The highest BCUT2D eigenvalue weighted by Crippen LogP contribution is 2.17. The molecule has 1 aliphatic rings. The van der Waals surface area contributed by atoms with E-state index in [4.69, 9.17) is 4.74 Å². The van der Waals surface area contributed by atoms with E-state index >= 15 is 0 Å². The molecule has 0 unspecified atom stereocenters. The molecular formula is C14H22N4O2. The number of amides is 1. The van der Waals surface area contributed by atoms with Gasteiger partial charge in [0.25, 0.3) is 0 Å². The molecule has 6 heteroatoms. The number of nitrogens with zero attached hydrogens (tertiary/aromatic N) is 3. The molecule has 1 fully saturated rings. The van der Waals surface area contributed by atoms with Crippen LogP contribution in [0.15, 0.2) is 12.4 Å². The van der Waals surface area contributed by atoms with Gasteiger partial charge in [0.05, 0.1) is 0 Å². The molecule has 0 saturated carbocycles. The van der Waals surface area contributed by atoms with Gasteiger partial charge in [-0.2, -0.15) is 0 Å². The maximum atomic E-state index is 11.9. The number of carbonyl (C=O) groups excluding carboxylic acids is 1. The summed E-state index contributed by atoms with van der Waals surface area (Å²) in [7, 11) is 0. The first-order valence-electron chi connectivity index (χ1n) is 6.86. The van der Waals surface area contributed by atoms with E-state index in [9.17, 15) is 4.79 Å². The third-order valence-electron chi connectivity index (χ3n) is 2.95. The zero-order chi connectivity index (χ0) is 14.8. The Hall–Kier alpha value is -1.85. The maximum Gasteiger partial charge on any atom is 0.410 e. The van der Waals surface area contributed by atoms with Crippen molar-refractivity contribution in [1.82, 2.24) is 14.9 Å². The fraction of sp³-hybridized carbons (Fsp3) is 0.643. The minimum absolute atomic E-state index is 0.172. The SMILES string of the molecule is Cc1cnc(N[C@H]2CCN(C(=O)OC(C)(C)C)C2)nc1. The first kappa shape index (κ1) is 14.6. The van der Waals surface area contributed by atoms with Gasteiger partial charge in [-0.15, -0.1) is 0 Å². The second-order valence-corrected chi connectivity index (χ2v) is 6.14. The van der Waals surface area contributed by atoms with E-state index in [0.717, 1.165) is 12.0 Å². The van der Waals surface area contributed by atoms with Crippen LogP contribution in [-0.2, 0) is 4.74 Å². The van der Waals surface area contributed by atoms with Gasteiger partial charge in [0.1, 0.15) is 5.60 Å². The number of likely N-dealkylation sites (tertiary alicyclic amines) is 1. The van der Waals surface area contributed by atoms with Gasteiger partial charge in [-0.3, -0.25) is 0 Å². The summed E-state index contributed by atoms with van der Waals surface area (Å²) in [6.07, 6.45) is 4.16. The standard InChI is InChI=1S/C14H22N4O2/c1-10-7-15-12(16-8-10)17-11-5-6-18(9-11)13(19)20-14(2,3)4/h7-8,11H,5-6,9H2,1-4H3,(H,15,16,17)/t11-/m0/s1. The summed E-state index contributed by atoms with van der Waals surface area (Å²) in [5.41, 5.74) is 0.570. The Labute approximate surface area is 119 Å². The predicted molar refractivity (Wildman–Crippen MR) is 76.6 cm³/mol. The average molecular weight is 278 g/mol. The molecule has 1 saturated heterocycles. The highest BCUT2D eigenvalue weighted by molar-refractivity contribution is 5.68. The van der Waals surface area contributed by atoms with Crippen molar-refractivity contribution in [3.8, 4) is 0 Å². The molecule has 1 atom stereocenters. The number of hydrogen-bond acceptors (Lipinski definition) is 5. The van der Waals surface area contributed by atoms with Crippen molar-refractivity contribution in [1.29, 1.82) is 0 Å². The summed E-state index contributed by atoms with van der Waals surface area (Å²) < 4.78 is 5.36. The number of hydrogen-bond donors (Lipinski definition) is 1. The molecular weight excluding hydrogens is 256 g/mol. The Kier molecular flexibility index (Phi) is 4.11. The van der Waals surface area contributed by atoms with E-state index < -0.39 is 5.60 Å². The summed E-state index contributed by atoms with van der Waals surface area (Å²) in [5.74, 6) is 0.603. The van der Waals surface area contributed by atoms with Crippen LogP contribution in [0.1, 0.15) is 32.8 Å². The third-order valence-corrected chi connectivity index (χ3v) is 2.95. The summed E-state index contributed by atoms with van der Waals surface area (Å²) in [6, 6.07) is 0.172. The molecule has 0 radical (unpaired) electrons. The van der Waals surface area contributed by atoms with Crippen LogP contribution in [0, 0.1) is 6.92 Å². The van der Waals surface area contributed by atoms with Crippen molar-refractivity contribution in [2.45, 2.75) is 45.8 Å². The normalized spacial score (nSPS) is 19.0. The number of nitrogens with one attached hydrogen (secondary N) is 1. The van der Waals surface area contributed by atoms with E-state index in [0.29, 0.717) is 19.0 Å². The Balaban J connectivity index is 1.86. The van der Waals surface area contributed by atoms with Crippen LogP contribution in [0.3, 0.4) is 0 Å². The highest BCUT2D eigenvalue weighted by Gasteiger charge is 2.29. The molecule has 0 bridgehead atoms. The molecule has 0 spiro atoms. The lowest BCUT2D eigenvalue weighted by Gasteiger charge is -2.24. The quantitative estimate of drug-likeness (QED) is 0.898. The lowest BCUT2D eigenvalue weighted by molar-refractivity contribution is 0.0293. The van der Waals surface area contributed by atoms with Crippen molar-refractivity contribution in [3.05, 3.63) is 18.0 Å². The average Bonchev–Trinajstić information content (AvgIpc) is 2.79. The maximum absolute atomic E-state index is 11.9. The van der Waals surface area contributed by atoms with Gasteiger partial charge in [0, 0.05) is 31.5 Å². The van der Waals surface area contributed by atoms with Gasteiger partial charge in [-0.05, 0) is 39.7 Å². The number of rotatable bonds is 2.